The molecule has 2 aromatic rings. The van der Waals surface area contributed by atoms with Gasteiger partial charge in [0.15, 0.2) is 5.84 Å². The third-order valence-corrected chi connectivity index (χ3v) is 7.92. The number of fused-ring (bicyclic) bond motifs is 2. The normalized spacial score (nSPS) is 23.1. The topological polar surface area (TPSA) is 70.0 Å². The molecule has 0 saturated carbocycles. The molecule has 3 aliphatic heterocycles. The van der Waals surface area contributed by atoms with Gasteiger partial charge in [0.1, 0.15) is 4.90 Å². The number of carbonyl (C=O) groups is 1. The van der Waals surface area contributed by atoms with Crippen molar-refractivity contribution in [2.45, 2.75) is 24.3 Å². The zero-order chi connectivity index (χ0) is 18.6. The van der Waals surface area contributed by atoms with Crippen LogP contribution in [0.3, 0.4) is 0 Å². The van der Waals surface area contributed by atoms with E-state index in [0.29, 0.717) is 31.0 Å². The van der Waals surface area contributed by atoms with Gasteiger partial charge in [0.05, 0.1) is 5.92 Å². The van der Waals surface area contributed by atoms with Gasteiger partial charge in [-0.25, -0.2) is 0 Å². The maximum Gasteiger partial charge on any atom is 0.285 e. The number of hydrogen-bond donors (Lipinski definition) is 0. The van der Waals surface area contributed by atoms with Crippen LogP contribution in [0, 0.1) is 5.92 Å². The van der Waals surface area contributed by atoms with Crippen LogP contribution < -0.4 is 0 Å². The Morgan fingerprint density at radius 3 is 2.93 bits per heavy atom. The quantitative estimate of drug-likeness (QED) is 0.734. The van der Waals surface area contributed by atoms with Crippen molar-refractivity contribution < 1.29 is 13.2 Å². The summed E-state index contributed by atoms with van der Waals surface area (Å²) in [6, 6.07) is 9.01. The highest BCUT2D eigenvalue weighted by molar-refractivity contribution is 7.90. The van der Waals surface area contributed by atoms with Gasteiger partial charge >= 0.3 is 0 Å². The van der Waals surface area contributed by atoms with Crippen LogP contribution in [-0.2, 0) is 27.8 Å². The predicted molar refractivity (Wildman–Crippen MR) is 103 cm³/mol. The lowest BCUT2D eigenvalue weighted by molar-refractivity contribution is -0.135. The Morgan fingerprint density at radius 1 is 1.19 bits per heavy atom. The summed E-state index contributed by atoms with van der Waals surface area (Å²) in [5, 5.41) is 2.09. The second kappa shape index (κ2) is 6.17. The van der Waals surface area contributed by atoms with Crippen molar-refractivity contribution in [2.24, 2.45) is 10.3 Å². The lowest BCUT2D eigenvalue weighted by Crippen LogP contribution is -2.40. The molecule has 1 saturated heterocycles. The summed E-state index contributed by atoms with van der Waals surface area (Å²) in [5.74, 6) is 0.548. The Kier molecular flexibility index (Phi) is 3.87. The highest BCUT2D eigenvalue weighted by Crippen LogP contribution is 2.31. The first-order chi connectivity index (χ1) is 13.0. The number of amidine groups is 1. The van der Waals surface area contributed by atoms with E-state index in [1.54, 1.807) is 29.5 Å². The third kappa shape index (κ3) is 2.78. The Balaban J connectivity index is 1.33. The number of sulfonamides is 1. The van der Waals surface area contributed by atoms with E-state index in [0.717, 1.165) is 19.4 Å². The molecule has 140 valence electrons. The highest BCUT2D eigenvalue weighted by atomic mass is 32.2. The molecule has 3 aliphatic rings. The molecule has 8 heteroatoms. The number of amides is 1. The summed E-state index contributed by atoms with van der Waals surface area (Å²) in [6.07, 6.45) is 1.65. The van der Waals surface area contributed by atoms with Gasteiger partial charge in [-0.05, 0) is 42.0 Å². The molecule has 1 fully saturated rings. The van der Waals surface area contributed by atoms with Crippen LogP contribution in [0.5, 0.6) is 0 Å². The number of thiophene rings is 1. The Morgan fingerprint density at radius 2 is 2.04 bits per heavy atom. The minimum Gasteiger partial charge on any atom is -0.355 e. The molecule has 1 aromatic carbocycles. The summed E-state index contributed by atoms with van der Waals surface area (Å²) < 4.78 is 28.6. The molecule has 1 amide bonds. The second-order valence-corrected chi connectivity index (χ2v) is 9.77. The van der Waals surface area contributed by atoms with E-state index < -0.39 is 10.0 Å². The van der Waals surface area contributed by atoms with E-state index >= 15 is 0 Å². The molecule has 6 nitrogen and oxygen atoms in total. The standard InChI is InChI=1S/C19H19N3O3S2/c23-19(22-9-6-16-13(11-22)7-10-26-16)14-5-8-21(12-14)18-15-3-1-2-4-17(15)27(24,25)20-18/h1-4,7,10,14H,5-6,8-9,11-12H2. The fraction of sp³-hybridized carbons (Fsp3) is 0.368. The van der Waals surface area contributed by atoms with Gasteiger partial charge in [0, 0.05) is 36.6 Å². The smallest absolute Gasteiger partial charge is 0.285 e. The van der Waals surface area contributed by atoms with Crippen molar-refractivity contribution in [1.82, 2.24) is 9.80 Å². The van der Waals surface area contributed by atoms with Crippen LogP contribution in [0.1, 0.15) is 22.4 Å². The number of nitrogens with zero attached hydrogens (tertiary/aromatic N) is 3. The number of carbonyl (C=O) groups excluding carboxylic acids is 1. The van der Waals surface area contributed by atoms with Crippen molar-refractivity contribution in [2.75, 3.05) is 19.6 Å². The van der Waals surface area contributed by atoms with Gasteiger partial charge in [0.2, 0.25) is 5.91 Å². The fourth-order valence-corrected chi connectivity index (χ4v) is 6.28. The first-order valence-corrected chi connectivity index (χ1v) is 11.4. The average molecular weight is 402 g/mol. The molecule has 1 aromatic heterocycles. The maximum absolute atomic E-state index is 13.0. The van der Waals surface area contributed by atoms with Crippen LogP contribution in [-0.4, -0.2) is 49.6 Å². The number of rotatable bonds is 1. The largest absolute Gasteiger partial charge is 0.355 e. The van der Waals surface area contributed by atoms with Gasteiger partial charge in [-0.1, -0.05) is 12.1 Å². The number of benzene rings is 1. The fourth-order valence-electron chi connectivity index (χ4n) is 4.17. The molecule has 0 aliphatic carbocycles. The first-order valence-electron chi connectivity index (χ1n) is 9.06. The van der Waals surface area contributed by atoms with E-state index in [9.17, 15) is 13.2 Å². The van der Waals surface area contributed by atoms with Crippen molar-refractivity contribution in [1.29, 1.82) is 0 Å². The van der Waals surface area contributed by atoms with Gasteiger partial charge in [-0.3, -0.25) is 4.79 Å². The van der Waals surface area contributed by atoms with E-state index in [4.69, 9.17) is 0 Å². The zero-order valence-corrected chi connectivity index (χ0v) is 16.3. The van der Waals surface area contributed by atoms with E-state index in [2.05, 4.69) is 15.8 Å². The molecular weight excluding hydrogens is 382 g/mol. The van der Waals surface area contributed by atoms with Gasteiger partial charge in [0.25, 0.3) is 10.0 Å². The van der Waals surface area contributed by atoms with Crippen LogP contribution >= 0.6 is 11.3 Å². The minimum atomic E-state index is -3.63. The van der Waals surface area contributed by atoms with Crippen molar-refractivity contribution in [3.05, 3.63) is 51.7 Å². The Labute approximate surface area is 162 Å². The highest BCUT2D eigenvalue weighted by Gasteiger charge is 2.38. The molecule has 5 rings (SSSR count). The molecule has 4 heterocycles. The lowest BCUT2D eigenvalue weighted by atomic mass is 10.0. The summed E-state index contributed by atoms with van der Waals surface area (Å²) >= 11 is 1.76. The van der Waals surface area contributed by atoms with Crippen LogP contribution in [0.15, 0.2) is 45.0 Å². The molecular formula is C19H19N3O3S2. The van der Waals surface area contributed by atoms with E-state index in [1.807, 2.05) is 15.9 Å². The summed E-state index contributed by atoms with van der Waals surface area (Å²) in [5.41, 5.74) is 1.90. The van der Waals surface area contributed by atoms with Crippen LogP contribution in [0.2, 0.25) is 0 Å². The summed E-state index contributed by atoms with van der Waals surface area (Å²) in [4.78, 5) is 18.6. The Hall–Kier alpha value is -2.19. The molecule has 0 bridgehead atoms. The van der Waals surface area contributed by atoms with Crippen LogP contribution in [0.4, 0.5) is 0 Å². The average Bonchev–Trinajstić information content (AvgIpc) is 3.38. The number of hydrogen-bond acceptors (Lipinski definition) is 5. The van der Waals surface area contributed by atoms with Crippen LogP contribution in [0.25, 0.3) is 0 Å². The van der Waals surface area contributed by atoms with Crippen molar-refractivity contribution >= 4 is 33.1 Å². The SMILES string of the molecule is O=C(C1CCN(C2=NS(=O)(=O)c3ccccc32)C1)N1CCc2sccc2C1. The molecule has 1 unspecified atom stereocenters. The van der Waals surface area contributed by atoms with Crippen molar-refractivity contribution in [3.8, 4) is 0 Å². The van der Waals surface area contributed by atoms with E-state index in [1.165, 1.54) is 10.4 Å². The first kappa shape index (κ1) is 16.9. The Bertz CT molecular complexity index is 1060. The second-order valence-electron chi connectivity index (χ2n) is 7.20. The molecule has 0 N–H and O–H groups in total. The molecule has 1 atom stereocenters. The van der Waals surface area contributed by atoms with E-state index in [-0.39, 0.29) is 16.7 Å². The van der Waals surface area contributed by atoms with Gasteiger partial charge in [-0.2, -0.15) is 8.42 Å². The summed E-state index contributed by atoms with van der Waals surface area (Å²) in [6.45, 7) is 2.62. The molecule has 0 radical (unpaired) electrons. The predicted octanol–water partition coefficient (Wildman–Crippen LogP) is 2.10. The summed E-state index contributed by atoms with van der Waals surface area (Å²) in [7, 11) is -3.63. The minimum absolute atomic E-state index is 0.108. The van der Waals surface area contributed by atoms with Gasteiger partial charge in [-0.15, -0.1) is 15.7 Å². The monoisotopic (exact) mass is 401 g/mol. The zero-order valence-electron chi connectivity index (χ0n) is 14.7. The molecule has 27 heavy (non-hydrogen) atoms. The van der Waals surface area contributed by atoms with Crippen molar-refractivity contribution in [3.63, 3.8) is 0 Å². The third-order valence-electron chi connectivity index (χ3n) is 5.57. The maximum atomic E-state index is 13.0. The molecule has 0 spiro atoms. The number of likely N-dealkylation sites (tertiary alicyclic amines) is 1. The van der Waals surface area contributed by atoms with Gasteiger partial charge < -0.3 is 9.80 Å². The lowest BCUT2D eigenvalue weighted by Gasteiger charge is -2.29.